The van der Waals surface area contributed by atoms with E-state index in [1.165, 1.54) is 19.3 Å². The summed E-state index contributed by atoms with van der Waals surface area (Å²) in [5, 5.41) is 0. The van der Waals surface area contributed by atoms with Crippen LogP contribution in [0.2, 0.25) is 0 Å². The maximum absolute atomic E-state index is 4.78. The first-order valence-electron chi connectivity index (χ1n) is 7.29. The Hall–Kier alpha value is -1.65. The van der Waals surface area contributed by atoms with Crippen molar-refractivity contribution in [3.8, 4) is 0 Å². The summed E-state index contributed by atoms with van der Waals surface area (Å²) in [4.78, 5) is 17.1. The van der Waals surface area contributed by atoms with Gasteiger partial charge >= 0.3 is 0 Å². The molecule has 5 nitrogen and oxygen atoms in total. The summed E-state index contributed by atoms with van der Waals surface area (Å²) >= 11 is 0. The fourth-order valence-corrected chi connectivity index (χ4v) is 2.30. The molecule has 0 spiro atoms. The van der Waals surface area contributed by atoms with Crippen molar-refractivity contribution >= 4 is 11.2 Å². The summed E-state index contributed by atoms with van der Waals surface area (Å²) in [5.74, 6) is 1.74. The van der Waals surface area contributed by atoms with Gasteiger partial charge in [-0.3, -0.25) is 4.99 Å². The van der Waals surface area contributed by atoms with Crippen LogP contribution in [0.1, 0.15) is 51.3 Å². The van der Waals surface area contributed by atoms with E-state index in [9.17, 15) is 0 Å². The molecule has 102 valence electrons. The summed E-state index contributed by atoms with van der Waals surface area (Å²) in [5.41, 5.74) is 2.81. The molecule has 0 aromatic carbocycles. The number of nitrogens with zero attached hydrogens (tertiary/aromatic N) is 4. The number of aryl methyl sites for hydroxylation is 1. The van der Waals surface area contributed by atoms with Crippen molar-refractivity contribution < 1.29 is 0 Å². The first-order valence-corrected chi connectivity index (χ1v) is 7.29. The molecular weight excluding hydrogens is 238 g/mol. The monoisotopic (exact) mass is 259 g/mol. The number of hydrogen-bond donors (Lipinski definition) is 1. The number of fused-ring (bicyclic) bond motifs is 1. The highest BCUT2D eigenvalue weighted by molar-refractivity contribution is 5.69. The summed E-state index contributed by atoms with van der Waals surface area (Å²) in [6.45, 7) is 5.95. The number of hydrogen-bond acceptors (Lipinski definition) is 3. The predicted molar refractivity (Wildman–Crippen MR) is 74.9 cm³/mol. The Morgan fingerprint density at radius 1 is 1.42 bits per heavy atom. The standard InChI is InChI=1S/C14H21N5/c1-3-5-8-19-9-16-13(15-4-2)11-14(19)18-12(17-11)10-6-7-10/h9-10H,3-8H2,1-2H3,(H,17,18). The molecule has 1 fully saturated rings. The van der Waals surface area contributed by atoms with Gasteiger partial charge in [-0.05, 0) is 26.2 Å². The van der Waals surface area contributed by atoms with E-state index in [2.05, 4.69) is 26.5 Å². The Balaban J connectivity index is 2.12. The smallest absolute Gasteiger partial charge is 0.176 e. The first-order chi connectivity index (χ1) is 9.33. The van der Waals surface area contributed by atoms with Crippen molar-refractivity contribution in [2.45, 2.75) is 52.0 Å². The van der Waals surface area contributed by atoms with E-state index in [0.717, 1.165) is 42.0 Å². The van der Waals surface area contributed by atoms with Crippen molar-refractivity contribution in [3.63, 3.8) is 0 Å². The molecule has 0 atom stereocenters. The zero-order chi connectivity index (χ0) is 13.2. The van der Waals surface area contributed by atoms with Crippen LogP contribution in [0.3, 0.4) is 0 Å². The Morgan fingerprint density at radius 3 is 2.95 bits per heavy atom. The lowest BCUT2D eigenvalue weighted by Gasteiger charge is -2.05. The van der Waals surface area contributed by atoms with Crippen molar-refractivity contribution in [2.24, 2.45) is 4.99 Å². The zero-order valence-corrected chi connectivity index (χ0v) is 11.7. The molecule has 0 aliphatic heterocycles. The highest BCUT2D eigenvalue weighted by Gasteiger charge is 2.27. The molecule has 19 heavy (non-hydrogen) atoms. The Morgan fingerprint density at radius 2 is 2.26 bits per heavy atom. The van der Waals surface area contributed by atoms with Gasteiger partial charge in [-0.1, -0.05) is 13.3 Å². The second-order valence-corrected chi connectivity index (χ2v) is 5.18. The molecule has 1 saturated carbocycles. The van der Waals surface area contributed by atoms with Gasteiger partial charge in [-0.2, -0.15) is 0 Å². The molecule has 3 rings (SSSR count). The molecule has 0 amide bonds. The molecule has 0 radical (unpaired) electrons. The van der Waals surface area contributed by atoms with E-state index in [-0.39, 0.29) is 0 Å². The number of H-pyrrole nitrogens is 1. The van der Waals surface area contributed by atoms with Gasteiger partial charge in [0.05, 0.1) is 6.33 Å². The third kappa shape index (κ3) is 2.41. The van der Waals surface area contributed by atoms with Crippen LogP contribution in [0.25, 0.3) is 11.2 Å². The summed E-state index contributed by atoms with van der Waals surface area (Å²) in [7, 11) is 0. The van der Waals surface area contributed by atoms with Crippen molar-refractivity contribution in [3.05, 3.63) is 17.6 Å². The molecule has 0 unspecified atom stereocenters. The lowest BCUT2D eigenvalue weighted by atomic mass is 10.3. The lowest BCUT2D eigenvalue weighted by Crippen LogP contribution is -2.14. The molecule has 1 aliphatic rings. The predicted octanol–water partition coefficient (Wildman–Crippen LogP) is 2.36. The molecule has 1 aliphatic carbocycles. The minimum atomic E-state index is 0.626. The lowest BCUT2D eigenvalue weighted by molar-refractivity contribution is 0.631. The minimum Gasteiger partial charge on any atom is -0.337 e. The third-order valence-electron chi connectivity index (χ3n) is 3.54. The van der Waals surface area contributed by atoms with Crippen LogP contribution in [-0.4, -0.2) is 26.1 Å². The first kappa shape index (κ1) is 12.4. The van der Waals surface area contributed by atoms with E-state index >= 15 is 0 Å². The largest absolute Gasteiger partial charge is 0.337 e. The average molecular weight is 259 g/mol. The van der Waals surface area contributed by atoms with Crippen LogP contribution >= 0.6 is 0 Å². The van der Waals surface area contributed by atoms with Gasteiger partial charge in [0.25, 0.3) is 0 Å². The van der Waals surface area contributed by atoms with E-state index in [1.54, 1.807) is 0 Å². The number of aromatic amines is 1. The van der Waals surface area contributed by atoms with Crippen LogP contribution in [-0.2, 0) is 6.54 Å². The van der Waals surface area contributed by atoms with Gasteiger partial charge in [0.15, 0.2) is 11.1 Å². The molecule has 0 saturated heterocycles. The molecule has 2 heterocycles. The topological polar surface area (TPSA) is 58.9 Å². The van der Waals surface area contributed by atoms with E-state index in [4.69, 9.17) is 4.98 Å². The van der Waals surface area contributed by atoms with Crippen LogP contribution in [0.15, 0.2) is 11.3 Å². The van der Waals surface area contributed by atoms with E-state index < -0.39 is 0 Å². The van der Waals surface area contributed by atoms with Gasteiger partial charge in [0, 0.05) is 19.0 Å². The summed E-state index contributed by atoms with van der Waals surface area (Å²) in [6.07, 6.45) is 6.71. The van der Waals surface area contributed by atoms with Crippen molar-refractivity contribution in [1.82, 2.24) is 19.5 Å². The highest BCUT2D eigenvalue weighted by Crippen LogP contribution is 2.38. The van der Waals surface area contributed by atoms with Crippen molar-refractivity contribution in [2.75, 3.05) is 6.54 Å². The van der Waals surface area contributed by atoms with Crippen molar-refractivity contribution in [1.29, 1.82) is 0 Å². The number of aromatic nitrogens is 4. The van der Waals surface area contributed by atoms with Crippen LogP contribution in [0.5, 0.6) is 0 Å². The summed E-state index contributed by atoms with van der Waals surface area (Å²) < 4.78 is 2.15. The summed E-state index contributed by atoms with van der Waals surface area (Å²) in [6, 6.07) is 0. The normalized spacial score (nSPS) is 16.4. The fourth-order valence-electron chi connectivity index (χ4n) is 2.30. The quantitative estimate of drug-likeness (QED) is 0.896. The van der Waals surface area contributed by atoms with Crippen LogP contribution in [0, 0.1) is 0 Å². The minimum absolute atomic E-state index is 0.626. The van der Waals surface area contributed by atoms with Gasteiger partial charge < -0.3 is 9.55 Å². The van der Waals surface area contributed by atoms with Gasteiger partial charge in [0.2, 0.25) is 0 Å². The second-order valence-electron chi connectivity index (χ2n) is 5.18. The number of rotatable bonds is 5. The molecule has 2 aromatic rings. The molecule has 1 N–H and O–H groups in total. The Kier molecular flexibility index (Phi) is 3.36. The Bertz CT molecular complexity index is 633. The van der Waals surface area contributed by atoms with Crippen LogP contribution < -0.4 is 5.49 Å². The third-order valence-corrected chi connectivity index (χ3v) is 3.54. The number of imidazole rings is 1. The van der Waals surface area contributed by atoms with Gasteiger partial charge in [0.1, 0.15) is 11.3 Å². The maximum atomic E-state index is 4.78. The molecule has 0 bridgehead atoms. The van der Waals surface area contributed by atoms with Crippen LogP contribution in [0.4, 0.5) is 0 Å². The molecule has 2 aromatic heterocycles. The maximum Gasteiger partial charge on any atom is 0.176 e. The van der Waals surface area contributed by atoms with Gasteiger partial charge in [-0.15, -0.1) is 0 Å². The zero-order valence-electron chi connectivity index (χ0n) is 11.7. The SMILES string of the molecule is CCCCn1cnc(=NCC)c2[nH]c(C3CC3)nc21. The van der Waals surface area contributed by atoms with E-state index in [1.807, 2.05) is 13.3 Å². The molecule has 5 heteroatoms. The van der Waals surface area contributed by atoms with Gasteiger partial charge in [-0.25, -0.2) is 9.97 Å². The number of nitrogens with one attached hydrogen (secondary N) is 1. The second kappa shape index (κ2) is 5.15. The number of unbranched alkanes of at least 4 members (excludes halogenated alkanes) is 1. The molecular formula is C14H21N5. The Labute approximate surface area is 112 Å². The average Bonchev–Trinajstić information content (AvgIpc) is 3.17. The van der Waals surface area contributed by atoms with E-state index in [0.29, 0.717) is 5.92 Å². The fraction of sp³-hybridized carbons (Fsp3) is 0.643. The highest BCUT2D eigenvalue weighted by atomic mass is 15.1.